The van der Waals surface area contributed by atoms with E-state index in [1.807, 2.05) is 11.9 Å². The third kappa shape index (κ3) is 1.64. The van der Waals surface area contributed by atoms with Crippen molar-refractivity contribution >= 4 is 14.0 Å². The molecule has 1 atom stereocenters. The molecular weight excluding hydrogens is 154 g/mol. The summed E-state index contributed by atoms with van der Waals surface area (Å²) in [6, 6.07) is 0. The Labute approximate surface area is 69.6 Å². The van der Waals surface area contributed by atoms with Crippen LogP contribution in [0.2, 0.25) is 25.2 Å². The lowest BCUT2D eigenvalue weighted by Gasteiger charge is -2.22. The smallest absolute Gasteiger partial charge is 0.222 e. The second-order valence-electron chi connectivity index (χ2n) is 4.47. The standard InChI is InChI=1S/C8H17NOSi/c1-9-6-5-7(8(9)10)11(2,3)4/h7H,5-6H2,1-4H3/t7-/m0/s1. The molecule has 3 heteroatoms. The molecule has 0 saturated carbocycles. The first kappa shape index (κ1) is 8.78. The largest absolute Gasteiger partial charge is 0.346 e. The minimum absolute atomic E-state index is 0.379. The van der Waals surface area contributed by atoms with Crippen molar-refractivity contribution < 1.29 is 4.79 Å². The highest BCUT2D eigenvalue weighted by molar-refractivity contribution is 6.80. The Bertz CT molecular complexity index is 173. The predicted molar refractivity (Wildman–Crippen MR) is 49.4 cm³/mol. The van der Waals surface area contributed by atoms with Gasteiger partial charge in [-0.05, 0) is 6.42 Å². The van der Waals surface area contributed by atoms with Crippen molar-refractivity contribution in [3.05, 3.63) is 0 Å². The summed E-state index contributed by atoms with van der Waals surface area (Å²) in [5.74, 6) is 0.379. The van der Waals surface area contributed by atoms with Crippen LogP contribution in [0.3, 0.4) is 0 Å². The van der Waals surface area contributed by atoms with Gasteiger partial charge in [-0.25, -0.2) is 0 Å². The van der Waals surface area contributed by atoms with Gasteiger partial charge < -0.3 is 4.90 Å². The number of carbonyl (C=O) groups is 1. The van der Waals surface area contributed by atoms with E-state index in [2.05, 4.69) is 19.6 Å². The fraction of sp³-hybridized carbons (Fsp3) is 0.875. The molecule has 1 fully saturated rings. The maximum atomic E-state index is 11.5. The molecule has 0 unspecified atom stereocenters. The van der Waals surface area contributed by atoms with Crippen molar-refractivity contribution in [1.29, 1.82) is 0 Å². The highest BCUT2D eigenvalue weighted by Crippen LogP contribution is 2.31. The van der Waals surface area contributed by atoms with Gasteiger partial charge in [-0.1, -0.05) is 19.6 Å². The van der Waals surface area contributed by atoms with Crippen LogP contribution in [0.15, 0.2) is 0 Å². The highest BCUT2D eigenvalue weighted by Gasteiger charge is 2.38. The molecule has 1 saturated heterocycles. The van der Waals surface area contributed by atoms with Crippen LogP contribution in [-0.4, -0.2) is 32.5 Å². The van der Waals surface area contributed by atoms with Crippen molar-refractivity contribution in [3.63, 3.8) is 0 Å². The van der Waals surface area contributed by atoms with E-state index in [0.29, 0.717) is 11.4 Å². The summed E-state index contributed by atoms with van der Waals surface area (Å²) in [5, 5.41) is 0. The Morgan fingerprint density at radius 2 is 2.00 bits per heavy atom. The van der Waals surface area contributed by atoms with Crippen molar-refractivity contribution in [2.24, 2.45) is 0 Å². The molecule has 1 aliphatic rings. The lowest BCUT2D eigenvalue weighted by molar-refractivity contribution is -0.126. The first-order valence-electron chi connectivity index (χ1n) is 4.18. The zero-order valence-corrected chi connectivity index (χ0v) is 8.85. The van der Waals surface area contributed by atoms with E-state index in [-0.39, 0.29) is 0 Å². The second-order valence-corrected chi connectivity index (χ2v) is 9.90. The highest BCUT2D eigenvalue weighted by atomic mass is 28.3. The summed E-state index contributed by atoms with van der Waals surface area (Å²) in [4.78, 5) is 13.4. The van der Waals surface area contributed by atoms with E-state index in [4.69, 9.17) is 0 Å². The first-order valence-corrected chi connectivity index (χ1v) is 7.75. The minimum Gasteiger partial charge on any atom is -0.346 e. The predicted octanol–water partition coefficient (Wildman–Crippen LogP) is 1.56. The molecule has 1 amide bonds. The molecule has 0 bridgehead atoms. The summed E-state index contributed by atoms with van der Waals surface area (Å²) >= 11 is 0. The molecule has 0 spiro atoms. The molecule has 1 rings (SSSR count). The number of carbonyl (C=O) groups excluding carboxylic acids is 1. The summed E-state index contributed by atoms with van der Waals surface area (Å²) in [6.45, 7) is 7.78. The van der Waals surface area contributed by atoms with Crippen LogP contribution in [-0.2, 0) is 4.79 Å². The monoisotopic (exact) mass is 171 g/mol. The summed E-state index contributed by atoms with van der Waals surface area (Å²) < 4.78 is 0. The van der Waals surface area contributed by atoms with Gasteiger partial charge in [0, 0.05) is 19.1 Å². The molecule has 0 aromatic heterocycles. The van der Waals surface area contributed by atoms with Gasteiger partial charge in [0.25, 0.3) is 0 Å². The Kier molecular flexibility index (Phi) is 2.10. The van der Waals surface area contributed by atoms with Crippen LogP contribution in [0.25, 0.3) is 0 Å². The Morgan fingerprint density at radius 1 is 1.45 bits per heavy atom. The molecule has 1 heterocycles. The fourth-order valence-electron chi connectivity index (χ4n) is 1.63. The normalized spacial score (nSPS) is 26.4. The zero-order valence-electron chi connectivity index (χ0n) is 7.85. The molecule has 11 heavy (non-hydrogen) atoms. The molecular formula is C8H17NOSi. The van der Waals surface area contributed by atoms with E-state index in [1.54, 1.807) is 0 Å². The van der Waals surface area contributed by atoms with E-state index in [9.17, 15) is 4.79 Å². The molecule has 0 aromatic rings. The summed E-state index contributed by atoms with van der Waals surface area (Å²) in [5.41, 5.74) is 0.382. The van der Waals surface area contributed by atoms with Gasteiger partial charge in [0.2, 0.25) is 5.91 Å². The molecule has 2 nitrogen and oxygen atoms in total. The molecule has 0 N–H and O–H groups in total. The Morgan fingerprint density at radius 3 is 2.18 bits per heavy atom. The van der Waals surface area contributed by atoms with Gasteiger partial charge in [0.05, 0.1) is 8.07 Å². The van der Waals surface area contributed by atoms with Crippen LogP contribution in [0, 0.1) is 0 Å². The van der Waals surface area contributed by atoms with Crippen molar-refractivity contribution in [1.82, 2.24) is 4.90 Å². The van der Waals surface area contributed by atoms with E-state index in [1.165, 1.54) is 0 Å². The van der Waals surface area contributed by atoms with Gasteiger partial charge in [-0.2, -0.15) is 0 Å². The van der Waals surface area contributed by atoms with E-state index >= 15 is 0 Å². The average Bonchev–Trinajstić information content (AvgIpc) is 2.11. The number of likely N-dealkylation sites (tertiary alicyclic amines) is 1. The summed E-state index contributed by atoms with van der Waals surface area (Å²) in [7, 11) is 0.685. The first-order chi connectivity index (χ1) is 4.93. The van der Waals surface area contributed by atoms with E-state index in [0.717, 1.165) is 13.0 Å². The molecule has 0 radical (unpaired) electrons. The van der Waals surface area contributed by atoms with Crippen LogP contribution >= 0.6 is 0 Å². The third-order valence-corrected chi connectivity index (χ3v) is 5.10. The zero-order chi connectivity index (χ0) is 8.65. The van der Waals surface area contributed by atoms with Crippen LogP contribution in [0.4, 0.5) is 0 Å². The van der Waals surface area contributed by atoms with Crippen LogP contribution < -0.4 is 0 Å². The SMILES string of the molecule is CN1CC[C@H]([Si](C)(C)C)C1=O. The number of hydrogen-bond donors (Lipinski definition) is 0. The second kappa shape index (κ2) is 2.63. The third-order valence-electron chi connectivity index (χ3n) is 2.47. The number of hydrogen-bond acceptors (Lipinski definition) is 1. The van der Waals surface area contributed by atoms with Gasteiger partial charge >= 0.3 is 0 Å². The number of rotatable bonds is 1. The number of amides is 1. The van der Waals surface area contributed by atoms with Gasteiger partial charge in [-0.3, -0.25) is 4.79 Å². The van der Waals surface area contributed by atoms with Gasteiger partial charge in [0.15, 0.2) is 0 Å². The average molecular weight is 171 g/mol. The van der Waals surface area contributed by atoms with Crippen molar-refractivity contribution in [2.75, 3.05) is 13.6 Å². The number of nitrogens with zero attached hydrogens (tertiary/aromatic N) is 1. The molecule has 0 aromatic carbocycles. The van der Waals surface area contributed by atoms with Crippen molar-refractivity contribution in [2.45, 2.75) is 31.6 Å². The quantitative estimate of drug-likeness (QED) is 0.548. The van der Waals surface area contributed by atoms with Crippen molar-refractivity contribution in [3.8, 4) is 0 Å². The summed E-state index contributed by atoms with van der Waals surface area (Å²) in [6.07, 6.45) is 1.09. The molecule has 64 valence electrons. The Balaban J connectivity index is 2.70. The maximum Gasteiger partial charge on any atom is 0.222 e. The maximum absolute atomic E-state index is 11.5. The molecule has 1 aliphatic heterocycles. The van der Waals surface area contributed by atoms with Crippen LogP contribution in [0.5, 0.6) is 0 Å². The minimum atomic E-state index is -1.22. The van der Waals surface area contributed by atoms with Gasteiger partial charge in [0.1, 0.15) is 0 Å². The van der Waals surface area contributed by atoms with Crippen LogP contribution in [0.1, 0.15) is 6.42 Å². The lowest BCUT2D eigenvalue weighted by Crippen LogP contribution is -2.34. The topological polar surface area (TPSA) is 20.3 Å². The Hall–Kier alpha value is -0.313. The fourth-order valence-corrected chi connectivity index (χ4v) is 3.58. The lowest BCUT2D eigenvalue weighted by atomic mass is 10.4. The van der Waals surface area contributed by atoms with E-state index < -0.39 is 8.07 Å². The molecule has 0 aliphatic carbocycles. The van der Waals surface area contributed by atoms with Gasteiger partial charge in [-0.15, -0.1) is 0 Å².